The average Bonchev–Trinajstić information content (AvgIpc) is 3.18. The first-order valence-electron chi connectivity index (χ1n) is 6.74. The number of aromatic nitrogens is 1. The van der Waals surface area contributed by atoms with E-state index >= 15 is 0 Å². The molecule has 0 aliphatic rings. The number of rotatable bonds is 6. The fourth-order valence-corrected chi connectivity index (χ4v) is 3.79. The van der Waals surface area contributed by atoms with Crippen LogP contribution in [0.4, 0.5) is 0 Å². The largest absolute Gasteiger partial charge is 0.392 e. The van der Waals surface area contributed by atoms with Gasteiger partial charge in [-0.15, -0.1) is 22.7 Å². The van der Waals surface area contributed by atoms with Crippen LogP contribution in [-0.2, 0) is 19.7 Å². The lowest BCUT2D eigenvalue weighted by molar-refractivity contribution is 0.280. The molecule has 3 aromatic rings. The smallest absolute Gasteiger partial charge is 0.133 e. The van der Waals surface area contributed by atoms with E-state index in [0.717, 1.165) is 29.2 Å². The van der Waals surface area contributed by atoms with Crippen LogP contribution in [0.3, 0.4) is 0 Å². The Morgan fingerprint density at radius 2 is 1.90 bits per heavy atom. The molecule has 108 valence electrons. The van der Waals surface area contributed by atoms with Gasteiger partial charge in [-0.1, -0.05) is 30.3 Å². The van der Waals surface area contributed by atoms with Crippen molar-refractivity contribution < 1.29 is 5.11 Å². The molecular weight excluding hydrogens is 300 g/mol. The maximum absolute atomic E-state index is 9.31. The van der Waals surface area contributed by atoms with Gasteiger partial charge in [-0.3, -0.25) is 0 Å². The molecule has 0 atom stereocenters. The molecule has 0 bridgehead atoms. The highest BCUT2D eigenvalue weighted by molar-refractivity contribution is 7.20. The molecule has 0 spiro atoms. The number of nitrogens with zero attached hydrogens (tertiary/aromatic N) is 1. The minimum Gasteiger partial charge on any atom is -0.392 e. The quantitative estimate of drug-likeness (QED) is 0.729. The molecule has 0 radical (unpaired) electrons. The van der Waals surface area contributed by atoms with Gasteiger partial charge >= 0.3 is 0 Å². The molecule has 5 heteroatoms. The summed E-state index contributed by atoms with van der Waals surface area (Å²) in [6, 6.07) is 12.1. The molecule has 21 heavy (non-hydrogen) atoms. The van der Waals surface area contributed by atoms with E-state index in [9.17, 15) is 5.11 Å². The molecule has 2 aromatic heterocycles. The highest BCUT2D eigenvalue weighted by Crippen LogP contribution is 2.28. The summed E-state index contributed by atoms with van der Waals surface area (Å²) in [7, 11) is 0. The van der Waals surface area contributed by atoms with Crippen molar-refractivity contribution in [3.63, 3.8) is 0 Å². The SMILES string of the molecule is OCc1ccccc1CNCc1cnc(-c2cccs2)s1. The van der Waals surface area contributed by atoms with Crippen molar-refractivity contribution >= 4 is 22.7 Å². The van der Waals surface area contributed by atoms with Crippen molar-refractivity contribution in [2.24, 2.45) is 0 Å². The summed E-state index contributed by atoms with van der Waals surface area (Å²) in [5.74, 6) is 0. The van der Waals surface area contributed by atoms with Crippen LogP contribution in [0.2, 0.25) is 0 Å². The van der Waals surface area contributed by atoms with Crippen molar-refractivity contribution in [1.29, 1.82) is 0 Å². The van der Waals surface area contributed by atoms with Crippen molar-refractivity contribution in [1.82, 2.24) is 10.3 Å². The summed E-state index contributed by atoms with van der Waals surface area (Å²) in [4.78, 5) is 6.91. The van der Waals surface area contributed by atoms with Gasteiger partial charge in [0.05, 0.1) is 11.5 Å². The Labute approximate surface area is 131 Å². The van der Waals surface area contributed by atoms with E-state index in [1.54, 1.807) is 22.7 Å². The second-order valence-electron chi connectivity index (χ2n) is 4.64. The van der Waals surface area contributed by atoms with Crippen molar-refractivity contribution in [2.45, 2.75) is 19.7 Å². The third kappa shape index (κ3) is 3.57. The first-order valence-corrected chi connectivity index (χ1v) is 8.43. The first-order chi connectivity index (χ1) is 10.4. The number of thiophene rings is 1. The second kappa shape index (κ2) is 6.95. The van der Waals surface area contributed by atoms with Gasteiger partial charge in [-0.05, 0) is 22.6 Å². The van der Waals surface area contributed by atoms with E-state index in [4.69, 9.17) is 0 Å². The predicted octanol–water partition coefficient (Wildman–Crippen LogP) is 3.65. The number of benzene rings is 1. The third-order valence-electron chi connectivity index (χ3n) is 3.19. The fraction of sp³-hybridized carbons (Fsp3) is 0.188. The highest BCUT2D eigenvalue weighted by atomic mass is 32.1. The van der Waals surface area contributed by atoms with Gasteiger partial charge in [0.1, 0.15) is 5.01 Å². The molecule has 1 aromatic carbocycles. The van der Waals surface area contributed by atoms with Crippen LogP contribution in [0.15, 0.2) is 48.0 Å². The fourth-order valence-electron chi connectivity index (χ4n) is 2.11. The van der Waals surface area contributed by atoms with E-state index in [1.807, 2.05) is 36.5 Å². The van der Waals surface area contributed by atoms with Crippen LogP contribution in [0.25, 0.3) is 9.88 Å². The molecule has 3 rings (SSSR count). The Balaban J connectivity index is 1.58. The number of aliphatic hydroxyl groups is 1. The molecule has 2 heterocycles. The Morgan fingerprint density at radius 3 is 2.67 bits per heavy atom. The highest BCUT2D eigenvalue weighted by Gasteiger charge is 2.06. The number of thiazole rings is 1. The normalized spacial score (nSPS) is 10.9. The van der Waals surface area contributed by atoms with E-state index < -0.39 is 0 Å². The standard InChI is InChI=1S/C16H16N2OS2/c19-11-13-5-2-1-4-12(13)8-17-9-14-10-18-16(21-14)15-6-3-7-20-15/h1-7,10,17,19H,8-9,11H2. The van der Waals surface area contributed by atoms with E-state index in [-0.39, 0.29) is 6.61 Å². The molecule has 3 nitrogen and oxygen atoms in total. The molecule has 0 saturated heterocycles. The van der Waals surface area contributed by atoms with Crippen molar-refractivity contribution in [2.75, 3.05) is 0 Å². The molecule has 0 aliphatic carbocycles. The lowest BCUT2D eigenvalue weighted by atomic mass is 10.1. The maximum atomic E-state index is 9.31. The zero-order valence-corrected chi connectivity index (χ0v) is 13.1. The first kappa shape index (κ1) is 14.4. The number of hydrogen-bond acceptors (Lipinski definition) is 5. The summed E-state index contributed by atoms with van der Waals surface area (Å²) in [6.45, 7) is 1.63. The van der Waals surface area contributed by atoms with Gasteiger partial charge in [0.25, 0.3) is 0 Å². The van der Waals surface area contributed by atoms with Crippen LogP contribution < -0.4 is 5.32 Å². The Morgan fingerprint density at radius 1 is 1.05 bits per heavy atom. The van der Waals surface area contributed by atoms with Crippen LogP contribution in [0.5, 0.6) is 0 Å². The summed E-state index contributed by atoms with van der Waals surface area (Å²) >= 11 is 3.44. The Bertz CT molecular complexity index is 692. The van der Waals surface area contributed by atoms with Gasteiger partial charge < -0.3 is 10.4 Å². The Kier molecular flexibility index (Phi) is 4.77. The van der Waals surface area contributed by atoms with E-state index in [2.05, 4.69) is 21.7 Å². The van der Waals surface area contributed by atoms with Crippen LogP contribution >= 0.6 is 22.7 Å². The minimum absolute atomic E-state index is 0.0843. The monoisotopic (exact) mass is 316 g/mol. The minimum atomic E-state index is 0.0843. The molecule has 0 aliphatic heterocycles. The molecule has 0 amide bonds. The average molecular weight is 316 g/mol. The predicted molar refractivity (Wildman–Crippen MR) is 88.3 cm³/mol. The van der Waals surface area contributed by atoms with Gasteiger partial charge in [-0.2, -0.15) is 0 Å². The Hall–Kier alpha value is -1.53. The van der Waals surface area contributed by atoms with Gasteiger partial charge in [0, 0.05) is 24.2 Å². The second-order valence-corrected chi connectivity index (χ2v) is 6.70. The van der Waals surface area contributed by atoms with Crippen LogP contribution in [0, 0.1) is 0 Å². The third-order valence-corrected chi connectivity index (χ3v) is 5.23. The maximum Gasteiger partial charge on any atom is 0.133 e. The summed E-state index contributed by atoms with van der Waals surface area (Å²) in [5.41, 5.74) is 2.12. The van der Waals surface area contributed by atoms with Crippen molar-refractivity contribution in [3.8, 4) is 9.88 Å². The topological polar surface area (TPSA) is 45.1 Å². The number of aliphatic hydroxyl groups excluding tert-OH is 1. The summed E-state index contributed by atoms with van der Waals surface area (Å²) < 4.78 is 0. The molecule has 0 fully saturated rings. The number of hydrogen-bond donors (Lipinski definition) is 2. The molecule has 0 unspecified atom stereocenters. The van der Waals surface area contributed by atoms with E-state index in [0.29, 0.717) is 0 Å². The van der Waals surface area contributed by atoms with Crippen LogP contribution in [-0.4, -0.2) is 10.1 Å². The molecule has 2 N–H and O–H groups in total. The van der Waals surface area contributed by atoms with Gasteiger partial charge in [-0.25, -0.2) is 4.98 Å². The zero-order valence-electron chi connectivity index (χ0n) is 11.5. The lowest BCUT2D eigenvalue weighted by Crippen LogP contribution is -2.13. The molecular formula is C16H16N2OS2. The lowest BCUT2D eigenvalue weighted by Gasteiger charge is -2.07. The summed E-state index contributed by atoms with van der Waals surface area (Å²) in [6.07, 6.45) is 1.94. The molecule has 0 saturated carbocycles. The zero-order chi connectivity index (χ0) is 14.5. The van der Waals surface area contributed by atoms with Crippen molar-refractivity contribution in [3.05, 3.63) is 64.0 Å². The van der Waals surface area contributed by atoms with E-state index in [1.165, 1.54) is 9.75 Å². The summed E-state index contributed by atoms with van der Waals surface area (Å²) in [5, 5.41) is 15.9. The van der Waals surface area contributed by atoms with Crippen LogP contribution in [0.1, 0.15) is 16.0 Å². The van der Waals surface area contributed by atoms with Gasteiger partial charge in [0.2, 0.25) is 0 Å². The number of nitrogens with one attached hydrogen (secondary N) is 1. The van der Waals surface area contributed by atoms with Gasteiger partial charge in [0.15, 0.2) is 0 Å².